The van der Waals surface area contributed by atoms with Gasteiger partial charge in [-0.1, -0.05) is 17.7 Å². The van der Waals surface area contributed by atoms with Crippen LogP contribution in [0.25, 0.3) is 0 Å². The molecule has 1 atom stereocenters. The van der Waals surface area contributed by atoms with E-state index >= 15 is 0 Å². The van der Waals surface area contributed by atoms with Gasteiger partial charge in [-0.05, 0) is 12.1 Å². The van der Waals surface area contributed by atoms with Crippen LogP contribution in [0.5, 0.6) is 5.75 Å². The summed E-state index contributed by atoms with van der Waals surface area (Å²) in [6.45, 7) is -0.763. The summed E-state index contributed by atoms with van der Waals surface area (Å²) in [5.41, 5.74) is 0.218. The number of rotatable bonds is 7. The summed E-state index contributed by atoms with van der Waals surface area (Å²) in [5.74, 6) is -1.12. The van der Waals surface area contributed by atoms with E-state index in [0.29, 0.717) is 0 Å². The molecule has 5 nitrogen and oxygen atoms in total. The van der Waals surface area contributed by atoms with Gasteiger partial charge in [0.1, 0.15) is 18.4 Å². The highest BCUT2D eigenvalue weighted by Crippen LogP contribution is 2.32. The second-order valence-corrected chi connectivity index (χ2v) is 5.13. The molecule has 0 fully saturated rings. The Bertz CT molecular complexity index is 640. The smallest absolute Gasteiger partial charge is 0.416 e. The second kappa shape index (κ2) is 7.14. The van der Waals surface area contributed by atoms with Gasteiger partial charge in [0.25, 0.3) is 0 Å². The van der Waals surface area contributed by atoms with Gasteiger partial charge < -0.3 is 9.84 Å². The van der Waals surface area contributed by atoms with Crippen LogP contribution in [0.4, 0.5) is 17.6 Å². The zero-order valence-electron chi connectivity index (χ0n) is 11.5. The van der Waals surface area contributed by atoms with Crippen molar-refractivity contribution in [2.45, 2.75) is 25.0 Å². The summed E-state index contributed by atoms with van der Waals surface area (Å²) in [7, 11) is 0. The zero-order chi connectivity index (χ0) is 17.0. The maximum absolute atomic E-state index is 13.0. The summed E-state index contributed by atoms with van der Waals surface area (Å²) in [6, 6.07) is 4.07. The van der Waals surface area contributed by atoms with Crippen molar-refractivity contribution in [3.8, 4) is 5.75 Å². The van der Waals surface area contributed by atoms with E-state index in [1.54, 1.807) is 0 Å². The standard InChI is InChI=1S/C13H12ClF4N3O2/c14-9-1-2-10(11(22)3-9)8(4-21-7-19-6-20-21)5-23-13(17,18)12(15)16/h1-3,6-8,12,22H,4-5H2. The van der Waals surface area contributed by atoms with Gasteiger partial charge in [-0.2, -0.15) is 13.9 Å². The van der Waals surface area contributed by atoms with E-state index in [1.807, 2.05) is 0 Å². The number of hydrogen-bond acceptors (Lipinski definition) is 4. The minimum Gasteiger partial charge on any atom is -0.508 e. The van der Waals surface area contributed by atoms with Crippen molar-refractivity contribution >= 4 is 11.6 Å². The van der Waals surface area contributed by atoms with Gasteiger partial charge in [-0.15, -0.1) is 0 Å². The van der Waals surface area contributed by atoms with Crippen LogP contribution in [0.15, 0.2) is 30.9 Å². The highest BCUT2D eigenvalue weighted by molar-refractivity contribution is 6.30. The van der Waals surface area contributed by atoms with Crippen molar-refractivity contribution < 1.29 is 27.4 Å². The molecule has 1 aromatic heterocycles. The normalized spacial score (nSPS) is 13.5. The lowest BCUT2D eigenvalue weighted by atomic mass is 9.99. The molecule has 0 amide bonds. The number of phenols is 1. The Morgan fingerprint density at radius 3 is 2.65 bits per heavy atom. The maximum Gasteiger partial charge on any atom is 0.416 e. The van der Waals surface area contributed by atoms with Gasteiger partial charge in [-0.3, -0.25) is 4.68 Å². The maximum atomic E-state index is 13.0. The number of alkyl halides is 4. The van der Waals surface area contributed by atoms with Gasteiger partial charge in [-0.25, -0.2) is 13.8 Å². The number of hydrogen-bond donors (Lipinski definition) is 1. The number of aromatic nitrogens is 3. The van der Waals surface area contributed by atoms with Gasteiger partial charge in [0.05, 0.1) is 13.2 Å². The third-order valence-electron chi connectivity index (χ3n) is 3.04. The Morgan fingerprint density at radius 1 is 1.35 bits per heavy atom. The molecule has 2 aromatic rings. The molecule has 0 aliphatic carbocycles. The third kappa shape index (κ3) is 4.55. The first kappa shape index (κ1) is 17.5. The summed E-state index contributed by atoms with van der Waals surface area (Å²) in [5, 5.41) is 14.0. The van der Waals surface area contributed by atoms with E-state index in [4.69, 9.17) is 11.6 Å². The first-order valence-corrected chi connectivity index (χ1v) is 6.78. The molecule has 0 aliphatic heterocycles. The van der Waals surface area contributed by atoms with E-state index in [2.05, 4.69) is 14.8 Å². The number of aromatic hydroxyl groups is 1. The molecule has 1 aromatic carbocycles. The first-order chi connectivity index (χ1) is 10.8. The molecule has 1 N–H and O–H groups in total. The lowest BCUT2D eigenvalue weighted by molar-refractivity contribution is -0.302. The second-order valence-electron chi connectivity index (χ2n) is 4.69. The number of benzene rings is 1. The lowest BCUT2D eigenvalue weighted by Crippen LogP contribution is -2.32. The van der Waals surface area contributed by atoms with Crippen molar-refractivity contribution in [3.63, 3.8) is 0 Å². The van der Waals surface area contributed by atoms with Gasteiger partial charge >= 0.3 is 12.5 Å². The van der Waals surface area contributed by atoms with Gasteiger partial charge in [0.2, 0.25) is 0 Å². The minimum atomic E-state index is -4.58. The number of nitrogens with zero attached hydrogens (tertiary/aromatic N) is 3. The van der Waals surface area contributed by atoms with Crippen LogP contribution in [0.2, 0.25) is 5.02 Å². The molecule has 1 heterocycles. The molecule has 0 saturated heterocycles. The van der Waals surface area contributed by atoms with Crippen molar-refractivity contribution in [2.24, 2.45) is 0 Å². The first-order valence-electron chi connectivity index (χ1n) is 6.40. The zero-order valence-corrected chi connectivity index (χ0v) is 12.3. The fraction of sp³-hybridized carbons (Fsp3) is 0.385. The predicted octanol–water partition coefficient (Wildman–Crippen LogP) is 3.30. The van der Waals surface area contributed by atoms with Gasteiger partial charge in [0.15, 0.2) is 0 Å². The van der Waals surface area contributed by atoms with E-state index in [9.17, 15) is 22.7 Å². The largest absolute Gasteiger partial charge is 0.508 e. The van der Waals surface area contributed by atoms with Crippen LogP contribution >= 0.6 is 11.6 Å². The molecule has 0 saturated carbocycles. The summed E-state index contributed by atoms with van der Waals surface area (Å²) in [6.07, 6.45) is -5.98. The minimum absolute atomic E-state index is 0.00545. The predicted molar refractivity (Wildman–Crippen MR) is 72.8 cm³/mol. The van der Waals surface area contributed by atoms with Gasteiger partial charge in [0, 0.05) is 16.5 Å². The lowest BCUT2D eigenvalue weighted by Gasteiger charge is -2.22. The van der Waals surface area contributed by atoms with Crippen molar-refractivity contribution in [1.82, 2.24) is 14.8 Å². The van der Waals surface area contributed by atoms with E-state index in [-0.39, 0.29) is 22.9 Å². The molecule has 0 bridgehead atoms. The molecule has 23 heavy (non-hydrogen) atoms. The number of phenolic OH excluding ortho intramolecular Hbond substituents is 1. The Kier molecular flexibility index (Phi) is 5.42. The number of ether oxygens (including phenoxy) is 1. The van der Waals surface area contributed by atoms with Crippen LogP contribution in [0.3, 0.4) is 0 Å². The molecule has 126 valence electrons. The Labute approximate surface area is 133 Å². The topological polar surface area (TPSA) is 60.2 Å². The molecular formula is C13H12ClF4N3O2. The van der Waals surface area contributed by atoms with Crippen LogP contribution in [0, 0.1) is 0 Å². The third-order valence-corrected chi connectivity index (χ3v) is 3.27. The van der Waals surface area contributed by atoms with E-state index < -0.39 is 25.1 Å². The van der Waals surface area contributed by atoms with E-state index in [0.717, 1.165) is 0 Å². The summed E-state index contributed by atoms with van der Waals surface area (Å²) >= 11 is 5.72. The monoisotopic (exact) mass is 353 g/mol. The van der Waals surface area contributed by atoms with Crippen molar-refractivity contribution in [3.05, 3.63) is 41.4 Å². The highest BCUT2D eigenvalue weighted by atomic mass is 35.5. The highest BCUT2D eigenvalue weighted by Gasteiger charge is 2.43. The molecule has 10 heteroatoms. The SMILES string of the molecule is Oc1cc(Cl)ccc1C(COC(F)(F)C(F)F)Cn1cncn1. The molecule has 1 unspecified atom stereocenters. The summed E-state index contributed by atoms with van der Waals surface area (Å²) in [4.78, 5) is 3.70. The average molecular weight is 354 g/mol. The Morgan fingerprint density at radius 2 is 2.09 bits per heavy atom. The molecule has 0 aliphatic rings. The van der Waals surface area contributed by atoms with Crippen molar-refractivity contribution in [1.29, 1.82) is 0 Å². The van der Waals surface area contributed by atoms with Crippen LogP contribution in [0.1, 0.15) is 11.5 Å². The summed E-state index contributed by atoms with van der Waals surface area (Å²) < 4.78 is 55.7. The van der Waals surface area contributed by atoms with Crippen molar-refractivity contribution in [2.75, 3.05) is 6.61 Å². The fourth-order valence-electron chi connectivity index (χ4n) is 1.93. The van der Waals surface area contributed by atoms with E-state index in [1.165, 1.54) is 35.5 Å². The Balaban J connectivity index is 2.21. The molecule has 2 rings (SSSR count). The molecule has 0 spiro atoms. The molecule has 0 radical (unpaired) electrons. The van der Waals surface area contributed by atoms with Crippen LogP contribution in [-0.2, 0) is 11.3 Å². The fourth-order valence-corrected chi connectivity index (χ4v) is 2.10. The van der Waals surface area contributed by atoms with Crippen LogP contribution in [-0.4, -0.2) is 39.0 Å². The molecular weight excluding hydrogens is 342 g/mol. The average Bonchev–Trinajstić information content (AvgIpc) is 2.96. The quantitative estimate of drug-likeness (QED) is 0.776. The Hall–Kier alpha value is -1.87. The van der Waals surface area contributed by atoms with Crippen LogP contribution < -0.4 is 0 Å². The number of halogens is 5.